The Balaban J connectivity index is 1.92. The van der Waals surface area contributed by atoms with Crippen LogP contribution in [-0.2, 0) is 6.42 Å². The maximum atomic E-state index is 4.55. The van der Waals surface area contributed by atoms with Crippen LogP contribution in [0.4, 0.5) is 5.69 Å². The van der Waals surface area contributed by atoms with Gasteiger partial charge in [-0.15, -0.1) is 0 Å². The van der Waals surface area contributed by atoms with Crippen molar-refractivity contribution in [3.05, 3.63) is 54.1 Å². The zero-order valence-electron chi connectivity index (χ0n) is 13.1. The predicted molar refractivity (Wildman–Crippen MR) is 87.5 cm³/mol. The molecule has 0 aliphatic heterocycles. The van der Waals surface area contributed by atoms with Crippen molar-refractivity contribution in [1.29, 1.82) is 0 Å². The van der Waals surface area contributed by atoms with Gasteiger partial charge in [-0.3, -0.25) is 9.97 Å². The van der Waals surface area contributed by atoms with E-state index < -0.39 is 0 Å². The lowest BCUT2D eigenvalue weighted by Crippen LogP contribution is -2.22. The normalized spacial score (nSPS) is 12.1. The summed E-state index contributed by atoms with van der Waals surface area (Å²) in [4.78, 5) is 11.1. The standard InChI is InChI=1S/C17H24N4/c1-4-18-14(2)17-9-8-16(13-20-17)21(3)12-10-15-7-5-6-11-19-15/h5-9,11,13-14,18H,4,10,12H2,1-3H3. The number of likely N-dealkylation sites (N-methyl/N-ethyl adjacent to an activating group) is 1. The monoisotopic (exact) mass is 284 g/mol. The predicted octanol–water partition coefficient (Wildman–Crippen LogP) is 2.83. The smallest absolute Gasteiger partial charge is 0.0572 e. The number of nitrogens with zero attached hydrogens (tertiary/aromatic N) is 3. The highest BCUT2D eigenvalue weighted by Crippen LogP contribution is 2.15. The molecule has 21 heavy (non-hydrogen) atoms. The molecule has 1 unspecified atom stereocenters. The van der Waals surface area contributed by atoms with Gasteiger partial charge in [0.15, 0.2) is 0 Å². The number of rotatable bonds is 7. The zero-order valence-corrected chi connectivity index (χ0v) is 13.1. The molecule has 0 spiro atoms. The molecule has 2 aromatic heterocycles. The Kier molecular flexibility index (Phi) is 5.69. The van der Waals surface area contributed by atoms with E-state index in [9.17, 15) is 0 Å². The van der Waals surface area contributed by atoms with Crippen molar-refractivity contribution in [2.24, 2.45) is 0 Å². The molecule has 4 nitrogen and oxygen atoms in total. The minimum Gasteiger partial charge on any atom is -0.373 e. The van der Waals surface area contributed by atoms with Gasteiger partial charge < -0.3 is 10.2 Å². The van der Waals surface area contributed by atoms with Crippen molar-refractivity contribution >= 4 is 5.69 Å². The van der Waals surface area contributed by atoms with Gasteiger partial charge in [-0.25, -0.2) is 0 Å². The largest absolute Gasteiger partial charge is 0.373 e. The van der Waals surface area contributed by atoms with Crippen LogP contribution in [0, 0.1) is 0 Å². The molecule has 0 aromatic carbocycles. The van der Waals surface area contributed by atoms with E-state index in [1.165, 1.54) is 0 Å². The lowest BCUT2D eigenvalue weighted by atomic mass is 10.2. The first-order valence-electron chi connectivity index (χ1n) is 7.51. The first-order valence-corrected chi connectivity index (χ1v) is 7.51. The van der Waals surface area contributed by atoms with Crippen molar-refractivity contribution in [3.8, 4) is 0 Å². The Labute approximate surface area is 127 Å². The van der Waals surface area contributed by atoms with Gasteiger partial charge in [0.25, 0.3) is 0 Å². The molecule has 0 saturated heterocycles. The highest BCUT2D eigenvalue weighted by atomic mass is 15.1. The summed E-state index contributed by atoms with van der Waals surface area (Å²) >= 11 is 0. The summed E-state index contributed by atoms with van der Waals surface area (Å²) in [6, 6.07) is 10.6. The second-order valence-electron chi connectivity index (χ2n) is 5.21. The number of hydrogen-bond donors (Lipinski definition) is 1. The van der Waals surface area contributed by atoms with Gasteiger partial charge in [0, 0.05) is 37.9 Å². The van der Waals surface area contributed by atoms with Gasteiger partial charge >= 0.3 is 0 Å². The molecular weight excluding hydrogens is 260 g/mol. The third-order valence-electron chi connectivity index (χ3n) is 3.59. The number of anilines is 1. The quantitative estimate of drug-likeness (QED) is 0.849. The third-order valence-corrected chi connectivity index (χ3v) is 3.59. The van der Waals surface area contributed by atoms with Gasteiger partial charge in [-0.05, 0) is 37.7 Å². The minimum absolute atomic E-state index is 0.294. The minimum atomic E-state index is 0.294. The van der Waals surface area contributed by atoms with Crippen LogP contribution in [0.15, 0.2) is 42.7 Å². The second-order valence-corrected chi connectivity index (χ2v) is 5.21. The number of hydrogen-bond acceptors (Lipinski definition) is 4. The van der Waals surface area contributed by atoms with Crippen LogP contribution in [-0.4, -0.2) is 30.1 Å². The lowest BCUT2D eigenvalue weighted by Gasteiger charge is -2.20. The van der Waals surface area contributed by atoms with E-state index >= 15 is 0 Å². The molecule has 0 saturated carbocycles. The average Bonchev–Trinajstić information content (AvgIpc) is 2.54. The molecule has 0 aliphatic carbocycles. The molecule has 1 atom stereocenters. The molecule has 1 N–H and O–H groups in total. The molecule has 112 valence electrons. The second kappa shape index (κ2) is 7.74. The third kappa shape index (κ3) is 4.53. The van der Waals surface area contributed by atoms with E-state index in [4.69, 9.17) is 0 Å². The molecular formula is C17H24N4. The first kappa shape index (κ1) is 15.4. The maximum absolute atomic E-state index is 4.55. The molecule has 0 aliphatic rings. The first-order chi connectivity index (χ1) is 10.2. The Bertz CT molecular complexity index is 524. The van der Waals surface area contributed by atoms with E-state index in [0.29, 0.717) is 6.04 Å². The van der Waals surface area contributed by atoms with Crippen LogP contribution in [0.5, 0.6) is 0 Å². The fraction of sp³-hybridized carbons (Fsp3) is 0.412. The van der Waals surface area contributed by atoms with E-state index in [2.05, 4.69) is 59.3 Å². The summed E-state index contributed by atoms with van der Waals surface area (Å²) in [5.41, 5.74) is 3.34. The van der Waals surface area contributed by atoms with Crippen LogP contribution < -0.4 is 10.2 Å². The molecule has 2 heterocycles. The summed E-state index contributed by atoms with van der Waals surface area (Å²) in [5, 5.41) is 3.37. The Morgan fingerprint density at radius 1 is 1.19 bits per heavy atom. The SMILES string of the molecule is CCNC(C)c1ccc(N(C)CCc2ccccn2)cn1. The topological polar surface area (TPSA) is 41.0 Å². The number of aromatic nitrogens is 2. The van der Waals surface area contributed by atoms with Crippen molar-refractivity contribution in [1.82, 2.24) is 15.3 Å². The van der Waals surface area contributed by atoms with Crippen LogP contribution in [0.2, 0.25) is 0 Å². The molecule has 0 amide bonds. The van der Waals surface area contributed by atoms with E-state index in [0.717, 1.165) is 36.6 Å². The average molecular weight is 284 g/mol. The number of nitrogens with one attached hydrogen (secondary N) is 1. The summed E-state index contributed by atoms with van der Waals surface area (Å²) < 4.78 is 0. The molecule has 4 heteroatoms. The molecule has 0 bridgehead atoms. The van der Waals surface area contributed by atoms with E-state index in [1.807, 2.05) is 24.5 Å². The van der Waals surface area contributed by atoms with Crippen molar-refractivity contribution in [2.45, 2.75) is 26.3 Å². The summed E-state index contributed by atoms with van der Waals surface area (Å²) in [6.07, 6.45) is 4.72. The fourth-order valence-electron chi connectivity index (χ4n) is 2.25. The molecule has 2 aromatic rings. The number of pyridine rings is 2. The van der Waals surface area contributed by atoms with Gasteiger partial charge in [-0.1, -0.05) is 13.0 Å². The van der Waals surface area contributed by atoms with Crippen LogP contribution >= 0.6 is 0 Å². The fourth-order valence-corrected chi connectivity index (χ4v) is 2.25. The highest BCUT2D eigenvalue weighted by Gasteiger charge is 2.07. The van der Waals surface area contributed by atoms with Gasteiger partial charge in [-0.2, -0.15) is 0 Å². The Morgan fingerprint density at radius 3 is 2.67 bits per heavy atom. The van der Waals surface area contributed by atoms with E-state index in [-0.39, 0.29) is 0 Å². The van der Waals surface area contributed by atoms with Gasteiger partial charge in [0.05, 0.1) is 17.6 Å². The molecule has 0 fully saturated rings. The van der Waals surface area contributed by atoms with Gasteiger partial charge in [0.1, 0.15) is 0 Å². The lowest BCUT2D eigenvalue weighted by molar-refractivity contribution is 0.583. The summed E-state index contributed by atoms with van der Waals surface area (Å²) in [6.45, 7) is 6.13. The van der Waals surface area contributed by atoms with Crippen LogP contribution in [0.3, 0.4) is 0 Å². The van der Waals surface area contributed by atoms with Crippen molar-refractivity contribution in [2.75, 3.05) is 25.0 Å². The maximum Gasteiger partial charge on any atom is 0.0572 e. The van der Waals surface area contributed by atoms with Crippen LogP contribution in [0.25, 0.3) is 0 Å². The molecule has 2 rings (SSSR count). The van der Waals surface area contributed by atoms with E-state index in [1.54, 1.807) is 0 Å². The zero-order chi connectivity index (χ0) is 15.1. The van der Waals surface area contributed by atoms with Gasteiger partial charge in [0.2, 0.25) is 0 Å². The Hall–Kier alpha value is -1.94. The Morgan fingerprint density at radius 2 is 2.05 bits per heavy atom. The summed E-state index contributed by atoms with van der Waals surface area (Å²) in [5.74, 6) is 0. The summed E-state index contributed by atoms with van der Waals surface area (Å²) in [7, 11) is 2.09. The van der Waals surface area contributed by atoms with Crippen molar-refractivity contribution < 1.29 is 0 Å². The van der Waals surface area contributed by atoms with Crippen molar-refractivity contribution in [3.63, 3.8) is 0 Å². The van der Waals surface area contributed by atoms with Crippen LogP contribution in [0.1, 0.15) is 31.3 Å². The highest BCUT2D eigenvalue weighted by molar-refractivity contribution is 5.44. The molecule has 0 radical (unpaired) electrons.